The summed E-state index contributed by atoms with van der Waals surface area (Å²) in [6, 6.07) is 17.9. The summed E-state index contributed by atoms with van der Waals surface area (Å²) in [4.78, 5) is 28.3. The minimum absolute atomic E-state index is 0.362. The molecular formula is C24H18N2O3S. The SMILES string of the molecule is Cc1ccc(C2=C(SCc3ccco3)C(=O)N(c3ccc(C#N)cc3)C2=O)c(C)c1. The Hall–Kier alpha value is -3.56. The lowest BCUT2D eigenvalue weighted by Crippen LogP contribution is -2.31. The van der Waals surface area contributed by atoms with E-state index in [0.29, 0.717) is 27.5 Å². The van der Waals surface area contributed by atoms with Crippen molar-refractivity contribution in [3.05, 3.63) is 93.8 Å². The number of rotatable bonds is 5. The largest absolute Gasteiger partial charge is 0.468 e. The van der Waals surface area contributed by atoms with Crippen molar-refractivity contribution < 1.29 is 14.0 Å². The van der Waals surface area contributed by atoms with Crippen LogP contribution in [0.3, 0.4) is 0 Å². The molecule has 0 radical (unpaired) electrons. The van der Waals surface area contributed by atoms with Gasteiger partial charge in [0.15, 0.2) is 0 Å². The van der Waals surface area contributed by atoms with Gasteiger partial charge in [-0.25, -0.2) is 4.90 Å². The lowest BCUT2D eigenvalue weighted by Gasteiger charge is -2.15. The predicted octanol–water partition coefficient (Wildman–Crippen LogP) is 4.99. The number of hydrogen-bond donors (Lipinski definition) is 0. The molecule has 0 unspecified atom stereocenters. The van der Waals surface area contributed by atoms with Crippen LogP contribution in [0.25, 0.3) is 5.57 Å². The topological polar surface area (TPSA) is 74.3 Å². The molecular weight excluding hydrogens is 396 g/mol. The van der Waals surface area contributed by atoms with Gasteiger partial charge in [-0.15, -0.1) is 11.8 Å². The Morgan fingerprint density at radius 3 is 2.43 bits per heavy atom. The maximum atomic E-state index is 13.4. The predicted molar refractivity (Wildman–Crippen MR) is 116 cm³/mol. The molecule has 0 spiro atoms. The van der Waals surface area contributed by atoms with E-state index in [-0.39, 0.29) is 11.8 Å². The molecule has 30 heavy (non-hydrogen) atoms. The summed E-state index contributed by atoms with van der Waals surface area (Å²) in [5.41, 5.74) is 4.08. The van der Waals surface area contributed by atoms with Gasteiger partial charge >= 0.3 is 0 Å². The first-order chi connectivity index (χ1) is 14.5. The Labute approximate surface area is 178 Å². The molecule has 0 N–H and O–H groups in total. The normalized spacial score (nSPS) is 13.8. The van der Waals surface area contributed by atoms with Crippen LogP contribution >= 0.6 is 11.8 Å². The number of nitrogens with zero attached hydrogens (tertiary/aromatic N) is 2. The van der Waals surface area contributed by atoms with Crippen LogP contribution in [0, 0.1) is 25.2 Å². The van der Waals surface area contributed by atoms with Crippen LogP contribution in [0.15, 0.2) is 70.2 Å². The van der Waals surface area contributed by atoms with Gasteiger partial charge in [-0.1, -0.05) is 23.8 Å². The number of aryl methyl sites for hydroxylation is 2. The summed E-state index contributed by atoms with van der Waals surface area (Å²) in [5, 5.41) is 9.03. The van der Waals surface area contributed by atoms with Gasteiger partial charge < -0.3 is 4.42 Å². The molecule has 0 bridgehead atoms. The third-order valence-corrected chi connectivity index (χ3v) is 5.98. The number of carbonyl (C=O) groups is 2. The van der Waals surface area contributed by atoms with Gasteiger partial charge in [-0.2, -0.15) is 5.26 Å². The monoisotopic (exact) mass is 414 g/mol. The Balaban J connectivity index is 1.78. The highest BCUT2D eigenvalue weighted by Gasteiger charge is 2.40. The molecule has 2 amide bonds. The molecule has 1 aliphatic heterocycles. The molecule has 0 atom stereocenters. The lowest BCUT2D eigenvalue weighted by atomic mass is 9.99. The molecule has 0 saturated heterocycles. The molecule has 2 aromatic carbocycles. The Morgan fingerprint density at radius 1 is 1.03 bits per heavy atom. The van der Waals surface area contributed by atoms with E-state index in [9.17, 15) is 9.59 Å². The number of thioether (sulfide) groups is 1. The molecule has 0 aliphatic carbocycles. The zero-order valence-corrected chi connectivity index (χ0v) is 17.3. The number of carbonyl (C=O) groups excluding carboxylic acids is 2. The second kappa shape index (κ2) is 8.05. The van der Waals surface area contributed by atoms with E-state index in [2.05, 4.69) is 0 Å². The summed E-state index contributed by atoms with van der Waals surface area (Å²) in [5.74, 6) is 0.441. The average Bonchev–Trinajstić information content (AvgIpc) is 3.33. The van der Waals surface area contributed by atoms with Crippen LogP contribution in [0.1, 0.15) is 28.0 Å². The second-order valence-corrected chi connectivity index (χ2v) is 7.98. The van der Waals surface area contributed by atoms with Crippen LogP contribution in [-0.2, 0) is 15.3 Å². The van der Waals surface area contributed by atoms with Gasteiger partial charge in [0.2, 0.25) is 0 Å². The first-order valence-corrected chi connectivity index (χ1v) is 10.3. The standard InChI is InChI=1S/C24H18N2O3S/c1-15-5-10-20(16(2)12-15)21-22(30-14-19-4-3-11-29-19)24(28)26(23(21)27)18-8-6-17(13-25)7-9-18/h3-12H,14H2,1-2H3. The molecule has 1 aromatic heterocycles. The first kappa shape index (κ1) is 19.7. The fraction of sp³-hybridized carbons (Fsp3) is 0.125. The molecule has 0 fully saturated rings. The summed E-state index contributed by atoms with van der Waals surface area (Å²) < 4.78 is 5.39. The van der Waals surface area contributed by atoms with E-state index in [1.54, 1.807) is 36.6 Å². The molecule has 2 heterocycles. The highest BCUT2D eigenvalue weighted by atomic mass is 32.2. The lowest BCUT2D eigenvalue weighted by molar-refractivity contribution is -0.119. The summed E-state index contributed by atoms with van der Waals surface area (Å²) in [6.07, 6.45) is 1.58. The van der Waals surface area contributed by atoms with Crippen LogP contribution in [0.5, 0.6) is 0 Å². The fourth-order valence-electron chi connectivity index (χ4n) is 3.43. The van der Waals surface area contributed by atoms with Gasteiger partial charge in [-0.05, 0) is 61.4 Å². The summed E-state index contributed by atoms with van der Waals surface area (Å²) in [7, 11) is 0. The molecule has 5 nitrogen and oxygen atoms in total. The van der Waals surface area contributed by atoms with Crippen LogP contribution in [-0.4, -0.2) is 11.8 Å². The van der Waals surface area contributed by atoms with E-state index >= 15 is 0 Å². The van der Waals surface area contributed by atoms with Crippen molar-refractivity contribution in [2.75, 3.05) is 4.90 Å². The molecule has 148 valence electrons. The van der Waals surface area contributed by atoms with Crippen molar-refractivity contribution in [1.82, 2.24) is 0 Å². The Morgan fingerprint density at radius 2 is 1.80 bits per heavy atom. The van der Waals surface area contributed by atoms with Gasteiger partial charge in [0.1, 0.15) is 5.76 Å². The van der Waals surface area contributed by atoms with Crippen LogP contribution in [0.4, 0.5) is 5.69 Å². The van der Waals surface area contributed by atoms with Crippen molar-refractivity contribution in [3.63, 3.8) is 0 Å². The van der Waals surface area contributed by atoms with Crippen molar-refractivity contribution >= 4 is 34.8 Å². The van der Waals surface area contributed by atoms with Gasteiger partial charge in [0, 0.05) is 0 Å². The van der Waals surface area contributed by atoms with Gasteiger partial charge in [0.25, 0.3) is 11.8 Å². The first-order valence-electron chi connectivity index (χ1n) is 9.35. The van der Waals surface area contributed by atoms with Crippen LogP contribution < -0.4 is 4.90 Å². The number of nitriles is 1. The number of anilines is 1. The van der Waals surface area contributed by atoms with E-state index in [1.807, 2.05) is 44.2 Å². The summed E-state index contributed by atoms with van der Waals surface area (Å²) in [6.45, 7) is 3.93. The maximum absolute atomic E-state index is 13.4. The van der Waals surface area contributed by atoms with Crippen molar-refractivity contribution in [3.8, 4) is 6.07 Å². The van der Waals surface area contributed by atoms with Crippen LogP contribution in [0.2, 0.25) is 0 Å². The van der Waals surface area contributed by atoms with E-state index in [4.69, 9.17) is 9.68 Å². The number of benzene rings is 2. The zero-order chi connectivity index (χ0) is 21.3. The molecule has 4 rings (SSSR count). The highest BCUT2D eigenvalue weighted by Crippen LogP contribution is 2.40. The van der Waals surface area contributed by atoms with E-state index < -0.39 is 0 Å². The van der Waals surface area contributed by atoms with Crippen molar-refractivity contribution in [1.29, 1.82) is 5.26 Å². The number of amides is 2. The molecule has 0 saturated carbocycles. The smallest absolute Gasteiger partial charge is 0.272 e. The van der Waals surface area contributed by atoms with Gasteiger partial charge in [-0.3, -0.25) is 9.59 Å². The van der Waals surface area contributed by atoms with E-state index in [1.165, 1.54) is 16.7 Å². The minimum atomic E-state index is -0.365. The van der Waals surface area contributed by atoms with Crippen molar-refractivity contribution in [2.24, 2.45) is 0 Å². The molecule has 1 aliphatic rings. The maximum Gasteiger partial charge on any atom is 0.272 e. The van der Waals surface area contributed by atoms with Crippen molar-refractivity contribution in [2.45, 2.75) is 19.6 Å². The highest BCUT2D eigenvalue weighted by molar-refractivity contribution is 8.03. The summed E-state index contributed by atoms with van der Waals surface area (Å²) >= 11 is 1.30. The Kier molecular flexibility index (Phi) is 5.30. The fourth-order valence-corrected chi connectivity index (χ4v) is 4.44. The number of hydrogen-bond acceptors (Lipinski definition) is 5. The Bertz CT molecular complexity index is 1200. The molecule has 3 aromatic rings. The minimum Gasteiger partial charge on any atom is -0.468 e. The van der Waals surface area contributed by atoms with Gasteiger partial charge in [0.05, 0.1) is 39.8 Å². The third-order valence-electron chi connectivity index (χ3n) is 4.89. The number of furan rings is 1. The molecule has 6 heteroatoms. The second-order valence-electron chi connectivity index (χ2n) is 6.99. The average molecular weight is 414 g/mol. The van der Waals surface area contributed by atoms with E-state index in [0.717, 1.165) is 22.5 Å². The zero-order valence-electron chi connectivity index (χ0n) is 16.5. The number of imide groups is 1. The quantitative estimate of drug-likeness (QED) is 0.550. The third kappa shape index (κ3) is 3.56.